The molecule has 604 valence electrons. The first kappa shape index (κ1) is 92.2. The van der Waals surface area contributed by atoms with Crippen LogP contribution in [-0.4, -0.2) is 249 Å². The van der Waals surface area contributed by atoms with Gasteiger partial charge >= 0.3 is 35.9 Å². The zero-order valence-corrected chi connectivity index (χ0v) is 68.6. The minimum absolute atomic E-state index is 0.00467. The first-order valence-corrected chi connectivity index (χ1v) is 37.2. The van der Waals surface area contributed by atoms with Gasteiger partial charge in [-0.05, 0) is 182 Å². The van der Waals surface area contributed by atoms with Gasteiger partial charge in [-0.2, -0.15) is 0 Å². The highest BCUT2D eigenvalue weighted by Gasteiger charge is 2.38. The number of ether oxygens (including phenoxy) is 12. The Hall–Kier alpha value is -7.15. The second kappa shape index (κ2) is 42.1. The van der Waals surface area contributed by atoms with Crippen molar-refractivity contribution >= 4 is 59.1 Å². The summed E-state index contributed by atoms with van der Waals surface area (Å²) in [7, 11) is 0. The molecule has 0 saturated carbocycles. The van der Waals surface area contributed by atoms with E-state index in [1.54, 1.807) is 164 Å². The number of hydrogen-bond acceptors (Lipinski definition) is 24. The Morgan fingerprint density at radius 2 is 0.953 bits per heavy atom. The molecule has 1 fully saturated rings. The van der Waals surface area contributed by atoms with Crippen LogP contribution in [0.2, 0.25) is 5.02 Å². The molecule has 2 aromatic carbocycles. The standard InChI is InChI=1S/C78H125ClN8O20/c1-54-49-87(50-57-58(79)27-24-28-60(57)99-44-46-102-73(5,6)7)69(93)65(82-71(95)81-59(48-61(88)103-74(8,9)10)55-25-23-26-56(47-55)98-43-45-101-72(2,3)4)67(54)100-42-41-97-40-39-96-38-29-80-68(92)66(70(94)107-78(20,21)22)86-36-34-84(52-63(90)105-76(14,15)16)32-30-83(51-62(89)104-75(11,12)13)31-33-85(35-37-86)53-64(91)106-77(17,18)19/h23-28,47,49,59,66H,29-46,48,50-53H2,1-22H3,(H,80,92)(H2,81,82,95)/t59-,66?/m0/s1. The second-order valence-corrected chi connectivity index (χ2v) is 33.6. The number of aromatic nitrogens is 1. The van der Waals surface area contributed by atoms with Gasteiger partial charge in [0.2, 0.25) is 5.91 Å². The van der Waals surface area contributed by atoms with Gasteiger partial charge < -0.3 is 77.4 Å². The Balaban J connectivity index is 1.56. The van der Waals surface area contributed by atoms with Crippen LogP contribution in [0.15, 0.2) is 53.5 Å². The predicted molar refractivity (Wildman–Crippen MR) is 408 cm³/mol. The zero-order chi connectivity index (χ0) is 80.3. The number of nitrogens with one attached hydrogen (secondary N) is 3. The number of aryl methyl sites for hydroxylation is 1. The molecule has 1 aliphatic rings. The van der Waals surface area contributed by atoms with Crippen molar-refractivity contribution in [2.75, 3.05) is 143 Å². The highest BCUT2D eigenvalue weighted by Crippen LogP contribution is 2.31. The molecule has 29 heteroatoms. The Morgan fingerprint density at radius 1 is 0.505 bits per heavy atom. The first-order valence-electron chi connectivity index (χ1n) is 36.8. The van der Waals surface area contributed by atoms with Gasteiger partial charge in [0, 0.05) is 81.2 Å². The van der Waals surface area contributed by atoms with E-state index in [1.165, 1.54) is 4.57 Å². The van der Waals surface area contributed by atoms with Crippen molar-refractivity contribution in [1.29, 1.82) is 0 Å². The first-order chi connectivity index (χ1) is 49.5. The van der Waals surface area contributed by atoms with Crippen LogP contribution < -0.4 is 35.7 Å². The fourth-order valence-corrected chi connectivity index (χ4v) is 11.0. The Kier molecular flexibility index (Phi) is 36.3. The summed E-state index contributed by atoms with van der Waals surface area (Å²) in [6.45, 7) is 41.9. The molecular formula is C78H125ClN8O20. The van der Waals surface area contributed by atoms with Crippen molar-refractivity contribution < 1.29 is 90.4 Å². The van der Waals surface area contributed by atoms with Crippen molar-refractivity contribution in [3.63, 3.8) is 0 Å². The summed E-state index contributed by atoms with van der Waals surface area (Å²) in [6.07, 6.45) is 1.30. The molecule has 107 heavy (non-hydrogen) atoms. The van der Waals surface area contributed by atoms with Crippen molar-refractivity contribution in [3.8, 4) is 17.2 Å². The minimum Gasteiger partial charge on any atom is -0.491 e. The molecule has 4 rings (SSSR count). The van der Waals surface area contributed by atoms with Gasteiger partial charge in [-0.3, -0.25) is 48.4 Å². The van der Waals surface area contributed by atoms with Crippen molar-refractivity contribution in [1.82, 2.24) is 34.8 Å². The summed E-state index contributed by atoms with van der Waals surface area (Å²) in [6, 6.07) is 8.77. The molecule has 2 heterocycles. The van der Waals surface area contributed by atoms with E-state index in [1.807, 2.05) is 56.2 Å². The van der Waals surface area contributed by atoms with Gasteiger partial charge in [-0.25, -0.2) is 9.59 Å². The van der Waals surface area contributed by atoms with E-state index in [0.29, 0.717) is 52.9 Å². The Bertz CT molecular complexity index is 3360. The van der Waals surface area contributed by atoms with Crippen LogP contribution in [0, 0.1) is 6.92 Å². The maximum atomic E-state index is 14.9. The van der Waals surface area contributed by atoms with Crippen LogP contribution in [0.5, 0.6) is 17.2 Å². The van der Waals surface area contributed by atoms with Crippen LogP contribution in [0.1, 0.15) is 175 Å². The van der Waals surface area contributed by atoms with Crippen LogP contribution in [0.3, 0.4) is 0 Å². The number of carbonyl (C=O) groups is 7. The molecule has 1 unspecified atom stereocenters. The molecule has 3 amide bonds. The monoisotopic (exact) mass is 1530 g/mol. The lowest BCUT2D eigenvalue weighted by Crippen LogP contribution is -2.57. The number of hydrogen-bond donors (Lipinski definition) is 3. The number of pyridine rings is 1. The largest absolute Gasteiger partial charge is 0.491 e. The number of nitrogens with zero attached hydrogens (tertiary/aromatic N) is 5. The van der Waals surface area contributed by atoms with Gasteiger partial charge in [0.25, 0.3) is 5.56 Å². The third-order valence-corrected chi connectivity index (χ3v) is 15.4. The number of urea groups is 1. The highest BCUT2D eigenvalue weighted by molar-refractivity contribution is 6.31. The van der Waals surface area contributed by atoms with E-state index in [0.717, 1.165) is 0 Å². The van der Waals surface area contributed by atoms with Gasteiger partial charge in [0.15, 0.2) is 17.5 Å². The van der Waals surface area contributed by atoms with Crippen molar-refractivity contribution in [3.05, 3.63) is 80.7 Å². The Morgan fingerprint density at radius 3 is 1.45 bits per heavy atom. The number of halogens is 1. The SMILES string of the molecule is Cc1cn(Cc2c(Cl)cccc2OCCOC(C)(C)C)c(=O)c(NC(=O)N[C@@H](CC(=O)OC(C)(C)C)c2cccc(OCCOC(C)(C)C)c2)c1OCCOCCOCCNC(=O)C(C(=O)OC(C)(C)C)N1CCN(CC(=O)OC(C)(C)C)CCN(CC(=O)OC(C)(C)C)CCN(CC(=O)OC(C)(C)C)CC1. The summed E-state index contributed by atoms with van der Waals surface area (Å²) >= 11 is 6.82. The van der Waals surface area contributed by atoms with Gasteiger partial charge in [-0.15, -0.1) is 0 Å². The van der Waals surface area contributed by atoms with E-state index in [4.69, 9.17) is 68.4 Å². The average molecular weight is 1530 g/mol. The van der Waals surface area contributed by atoms with E-state index < -0.39 is 93.0 Å². The lowest BCUT2D eigenvalue weighted by Gasteiger charge is -2.36. The minimum atomic E-state index is -1.50. The number of rotatable bonds is 34. The van der Waals surface area contributed by atoms with E-state index in [-0.39, 0.29) is 148 Å². The molecule has 3 aromatic rings. The quantitative estimate of drug-likeness (QED) is 0.0217. The molecule has 0 radical (unpaired) electrons. The van der Waals surface area contributed by atoms with Gasteiger partial charge in [0.05, 0.1) is 89.5 Å². The van der Waals surface area contributed by atoms with E-state index in [9.17, 15) is 38.4 Å². The van der Waals surface area contributed by atoms with Crippen LogP contribution >= 0.6 is 11.6 Å². The Labute approximate surface area is 639 Å². The summed E-state index contributed by atoms with van der Waals surface area (Å²) in [5.41, 5.74) is -4.35. The molecule has 2 atom stereocenters. The van der Waals surface area contributed by atoms with E-state index >= 15 is 0 Å². The van der Waals surface area contributed by atoms with Gasteiger partial charge in [-0.1, -0.05) is 29.8 Å². The third-order valence-electron chi connectivity index (χ3n) is 15.0. The smallest absolute Gasteiger partial charge is 0.333 e. The third kappa shape index (κ3) is 38.7. The van der Waals surface area contributed by atoms with E-state index in [2.05, 4.69) is 16.0 Å². The molecule has 1 aromatic heterocycles. The van der Waals surface area contributed by atoms with Crippen molar-refractivity contribution in [2.24, 2.45) is 0 Å². The van der Waals surface area contributed by atoms with Crippen molar-refractivity contribution in [2.45, 2.75) is 217 Å². The number of carbonyl (C=O) groups excluding carboxylic acids is 7. The fraction of sp³-hybridized carbons (Fsp3) is 0.692. The summed E-state index contributed by atoms with van der Waals surface area (Å²) in [4.78, 5) is 119. The molecule has 28 nitrogen and oxygen atoms in total. The fourth-order valence-electron chi connectivity index (χ4n) is 10.7. The molecule has 0 spiro atoms. The lowest BCUT2D eigenvalue weighted by molar-refractivity contribution is -0.165. The highest BCUT2D eigenvalue weighted by atomic mass is 35.5. The van der Waals surface area contributed by atoms with Crippen LogP contribution in [0.4, 0.5) is 10.5 Å². The molecular weight excluding hydrogens is 1400 g/mol. The summed E-state index contributed by atoms with van der Waals surface area (Å²) < 4.78 is 72.1. The molecule has 0 aliphatic carbocycles. The predicted octanol–water partition coefficient (Wildman–Crippen LogP) is 9.33. The second-order valence-electron chi connectivity index (χ2n) is 33.2. The average Bonchev–Trinajstić information content (AvgIpc) is 0.791. The maximum absolute atomic E-state index is 14.9. The topological polar surface area (TPSA) is 301 Å². The normalized spacial score (nSPS) is 15.2. The van der Waals surface area contributed by atoms with Crippen LogP contribution in [0.25, 0.3) is 0 Å². The molecule has 1 saturated heterocycles. The zero-order valence-electron chi connectivity index (χ0n) is 67.8. The molecule has 1 aliphatic heterocycles. The summed E-state index contributed by atoms with van der Waals surface area (Å²) in [5.74, 6) is -2.57. The molecule has 3 N–H and O–H groups in total. The maximum Gasteiger partial charge on any atom is 0.333 e. The summed E-state index contributed by atoms with van der Waals surface area (Å²) in [5, 5.41) is 8.82. The lowest BCUT2D eigenvalue weighted by atomic mass is 10.0. The van der Waals surface area contributed by atoms with Gasteiger partial charge in [0.1, 0.15) is 59.3 Å². The number of esters is 5. The number of anilines is 1. The number of amides is 3. The number of benzene rings is 2. The molecule has 0 bridgehead atoms. The van der Waals surface area contributed by atoms with Crippen LogP contribution in [-0.2, 0) is 77.9 Å².